The first-order valence-electron chi connectivity index (χ1n) is 11.0. The van der Waals surface area contributed by atoms with E-state index in [9.17, 15) is 4.79 Å². The van der Waals surface area contributed by atoms with E-state index < -0.39 is 6.09 Å². The highest BCUT2D eigenvalue weighted by Gasteiger charge is 2.30. The summed E-state index contributed by atoms with van der Waals surface area (Å²) < 4.78 is 13.4. The lowest BCUT2D eigenvalue weighted by Crippen LogP contribution is -2.17. The number of aromatic amines is 1. The molecule has 1 aliphatic carbocycles. The maximum atomic E-state index is 11.9. The van der Waals surface area contributed by atoms with Crippen LogP contribution in [0.2, 0.25) is 0 Å². The van der Waals surface area contributed by atoms with Crippen LogP contribution in [0.4, 0.5) is 16.2 Å². The van der Waals surface area contributed by atoms with Gasteiger partial charge in [0.25, 0.3) is 0 Å². The molecular formula is C24H26N6O3. The molecule has 1 saturated carbocycles. The first-order chi connectivity index (χ1) is 16.0. The van der Waals surface area contributed by atoms with Crippen molar-refractivity contribution in [2.45, 2.75) is 45.4 Å². The molecule has 0 aliphatic heterocycles. The zero-order valence-electron chi connectivity index (χ0n) is 18.5. The number of rotatable bonds is 7. The molecule has 4 N–H and O–H groups in total. The summed E-state index contributed by atoms with van der Waals surface area (Å²) in [5, 5.41) is 10.4. The molecule has 4 aromatic rings. The summed E-state index contributed by atoms with van der Waals surface area (Å²) in [6.07, 6.45) is 3.03. The van der Waals surface area contributed by atoms with Crippen LogP contribution in [0.3, 0.4) is 0 Å². The number of nitrogens with one attached hydrogen (secondary N) is 2. The van der Waals surface area contributed by atoms with Crippen molar-refractivity contribution in [1.29, 1.82) is 0 Å². The maximum absolute atomic E-state index is 11.9. The summed E-state index contributed by atoms with van der Waals surface area (Å²) in [5.74, 6) is 1.41. The van der Waals surface area contributed by atoms with Crippen LogP contribution in [0.1, 0.15) is 38.6 Å². The standard InChI is InChI=1S/C24H26N6O3/c1-14(2)33-24(31)28-16-5-3-15(4-6-16)23-22(25)19-10-9-18(32-12-21-26-13-27-29-21)11-20(19)30(23)17-7-8-17/h3-6,9-11,13-14,17H,7-8,12,25H2,1-2H3,(H,28,31)(H,26,27,29). The molecule has 33 heavy (non-hydrogen) atoms. The van der Waals surface area contributed by atoms with Crippen LogP contribution >= 0.6 is 0 Å². The normalized spacial score (nSPS) is 13.4. The Balaban J connectivity index is 1.45. The Bertz CT molecular complexity index is 1270. The Kier molecular flexibility index (Phi) is 5.37. The summed E-state index contributed by atoms with van der Waals surface area (Å²) in [6, 6.07) is 14.0. The number of anilines is 2. The summed E-state index contributed by atoms with van der Waals surface area (Å²) >= 11 is 0. The van der Waals surface area contributed by atoms with E-state index in [-0.39, 0.29) is 6.10 Å². The molecule has 9 nitrogen and oxygen atoms in total. The Morgan fingerprint density at radius 2 is 2.03 bits per heavy atom. The van der Waals surface area contributed by atoms with Gasteiger partial charge in [0.2, 0.25) is 0 Å². The molecule has 1 amide bonds. The molecule has 0 bridgehead atoms. The van der Waals surface area contributed by atoms with E-state index in [2.05, 4.69) is 25.1 Å². The number of amides is 1. The van der Waals surface area contributed by atoms with Gasteiger partial charge in [-0.2, -0.15) is 5.10 Å². The molecule has 0 radical (unpaired) electrons. The van der Waals surface area contributed by atoms with Crippen molar-refractivity contribution in [2.24, 2.45) is 0 Å². The number of nitrogen functional groups attached to an aromatic ring is 1. The summed E-state index contributed by atoms with van der Waals surface area (Å²) in [4.78, 5) is 16.0. The molecular weight excluding hydrogens is 420 g/mol. The molecule has 0 spiro atoms. The topological polar surface area (TPSA) is 120 Å². The number of nitrogens with zero attached hydrogens (tertiary/aromatic N) is 3. The van der Waals surface area contributed by atoms with Crippen LogP contribution in [-0.2, 0) is 11.3 Å². The Morgan fingerprint density at radius 1 is 1.24 bits per heavy atom. The van der Waals surface area contributed by atoms with Crippen LogP contribution in [-0.4, -0.2) is 31.9 Å². The fraction of sp³-hybridized carbons (Fsp3) is 0.292. The minimum atomic E-state index is -0.470. The van der Waals surface area contributed by atoms with Crippen molar-refractivity contribution in [1.82, 2.24) is 19.7 Å². The second kappa shape index (κ2) is 8.50. The van der Waals surface area contributed by atoms with E-state index in [1.165, 1.54) is 6.33 Å². The molecule has 2 aromatic carbocycles. The SMILES string of the molecule is CC(C)OC(=O)Nc1ccc(-c2c(N)c3ccc(OCc4ncn[nH]4)cc3n2C2CC2)cc1. The summed E-state index contributed by atoms with van der Waals surface area (Å²) in [7, 11) is 0. The van der Waals surface area contributed by atoms with Gasteiger partial charge in [-0.1, -0.05) is 12.1 Å². The van der Waals surface area contributed by atoms with Gasteiger partial charge in [-0.05, 0) is 51.0 Å². The van der Waals surface area contributed by atoms with Gasteiger partial charge in [-0.3, -0.25) is 10.4 Å². The lowest BCUT2D eigenvalue weighted by atomic mass is 10.1. The van der Waals surface area contributed by atoms with Crippen molar-refractivity contribution in [2.75, 3.05) is 11.1 Å². The Labute approximate surface area is 190 Å². The zero-order valence-corrected chi connectivity index (χ0v) is 18.5. The first kappa shape index (κ1) is 20.9. The number of nitrogens with two attached hydrogens (primary N) is 1. The largest absolute Gasteiger partial charge is 0.486 e. The third kappa shape index (κ3) is 4.34. The van der Waals surface area contributed by atoms with Crippen molar-refractivity contribution in [3.8, 4) is 17.0 Å². The Hall–Kier alpha value is -4.01. The van der Waals surface area contributed by atoms with E-state index in [4.69, 9.17) is 15.2 Å². The van der Waals surface area contributed by atoms with Gasteiger partial charge in [-0.25, -0.2) is 9.78 Å². The number of fused-ring (bicyclic) bond motifs is 1. The highest BCUT2D eigenvalue weighted by Crippen LogP contribution is 2.46. The van der Waals surface area contributed by atoms with E-state index in [1.807, 2.05) is 56.3 Å². The number of hydrogen-bond acceptors (Lipinski definition) is 6. The van der Waals surface area contributed by atoms with Gasteiger partial charge < -0.3 is 19.8 Å². The molecule has 0 saturated heterocycles. The number of aromatic nitrogens is 4. The molecule has 2 aromatic heterocycles. The fourth-order valence-electron chi connectivity index (χ4n) is 3.94. The predicted octanol–water partition coefficient (Wildman–Crippen LogP) is 4.88. The molecule has 1 fully saturated rings. The lowest BCUT2D eigenvalue weighted by Gasteiger charge is -2.13. The number of ether oxygens (including phenoxy) is 2. The van der Waals surface area contributed by atoms with Crippen LogP contribution in [0, 0.1) is 0 Å². The average molecular weight is 447 g/mol. The highest BCUT2D eigenvalue weighted by molar-refractivity contribution is 6.02. The van der Waals surface area contributed by atoms with E-state index in [1.54, 1.807) is 0 Å². The van der Waals surface area contributed by atoms with E-state index in [0.29, 0.717) is 24.2 Å². The number of carbonyl (C=O) groups is 1. The van der Waals surface area contributed by atoms with Crippen LogP contribution < -0.4 is 15.8 Å². The zero-order chi connectivity index (χ0) is 22.9. The van der Waals surface area contributed by atoms with Crippen molar-refractivity contribution < 1.29 is 14.3 Å². The van der Waals surface area contributed by atoms with Crippen molar-refractivity contribution >= 4 is 28.4 Å². The van der Waals surface area contributed by atoms with Gasteiger partial charge >= 0.3 is 6.09 Å². The number of H-pyrrole nitrogens is 1. The fourth-order valence-corrected chi connectivity index (χ4v) is 3.94. The number of carbonyl (C=O) groups excluding carboxylic acids is 1. The second-order valence-electron chi connectivity index (χ2n) is 8.42. The van der Waals surface area contributed by atoms with Gasteiger partial charge in [0, 0.05) is 28.7 Å². The summed E-state index contributed by atoms with van der Waals surface area (Å²) in [6.45, 7) is 3.94. The molecule has 2 heterocycles. The average Bonchev–Trinajstić information content (AvgIpc) is 3.40. The Morgan fingerprint density at radius 3 is 2.70 bits per heavy atom. The van der Waals surface area contributed by atoms with Gasteiger partial charge in [-0.15, -0.1) is 0 Å². The first-order valence-corrected chi connectivity index (χ1v) is 11.0. The molecule has 0 unspecified atom stereocenters. The predicted molar refractivity (Wildman–Crippen MR) is 126 cm³/mol. The maximum Gasteiger partial charge on any atom is 0.411 e. The minimum absolute atomic E-state index is 0.178. The van der Waals surface area contributed by atoms with Crippen LogP contribution in [0.5, 0.6) is 5.75 Å². The molecule has 9 heteroatoms. The molecule has 170 valence electrons. The van der Waals surface area contributed by atoms with Crippen molar-refractivity contribution in [3.63, 3.8) is 0 Å². The molecule has 0 atom stereocenters. The lowest BCUT2D eigenvalue weighted by molar-refractivity contribution is 0.130. The van der Waals surface area contributed by atoms with Gasteiger partial charge in [0.15, 0.2) is 5.82 Å². The summed E-state index contributed by atoms with van der Waals surface area (Å²) in [5.41, 5.74) is 11.1. The number of hydrogen-bond donors (Lipinski definition) is 3. The highest BCUT2D eigenvalue weighted by atomic mass is 16.6. The van der Waals surface area contributed by atoms with Crippen LogP contribution in [0.15, 0.2) is 48.8 Å². The van der Waals surface area contributed by atoms with Gasteiger partial charge in [0.05, 0.1) is 23.0 Å². The molecule has 1 aliphatic rings. The third-order valence-corrected chi connectivity index (χ3v) is 5.51. The van der Waals surface area contributed by atoms with Gasteiger partial charge in [0.1, 0.15) is 18.7 Å². The van der Waals surface area contributed by atoms with E-state index in [0.717, 1.165) is 46.4 Å². The monoisotopic (exact) mass is 446 g/mol. The minimum Gasteiger partial charge on any atom is -0.486 e. The molecule has 5 rings (SSSR count). The smallest absolute Gasteiger partial charge is 0.411 e. The number of benzene rings is 2. The van der Waals surface area contributed by atoms with E-state index >= 15 is 0 Å². The quantitative estimate of drug-likeness (QED) is 0.372. The van der Waals surface area contributed by atoms with Crippen LogP contribution in [0.25, 0.3) is 22.2 Å². The van der Waals surface area contributed by atoms with Crippen molar-refractivity contribution in [3.05, 3.63) is 54.6 Å². The third-order valence-electron chi connectivity index (χ3n) is 5.51. The second-order valence-corrected chi connectivity index (χ2v) is 8.42.